The summed E-state index contributed by atoms with van der Waals surface area (Å²) >= 11 is 0. The molecule has 1 aromatic carbocycles. The number of benzene rings is 1. The lowest BCUT2D eigenvalue weighted by atomic mass is 10.2. The standard InChI is InChI=1S/C11H11F2N3/c1-16-5-4-11(15-16)14-7-8-2-3-9(12)6-10(8)13/h2-6H,7H2,1H3,(H,14,15). The molecule has 1 aromatic heterocycles. The first-order valence-corrected chi connectivity index (χ1v) is 4.82. The zero-order valence-electron chi connectivity index (χ0n) is 8.74. The van der Waals surface area contributed by atoms with Crippen LogP contribution in [0.3, 0.4) is 0 Å². The summed E-state index contributed by atoms with van der Waals surface area (Å²) in [5.41, 5.74) is 0.409. The average molecular weight is 223 g/mol. The van der Waals surface area contributed by atoms with E-state index in [0.717, 1.165) is 6.07 Å². The lowest BCUT2D eigenvalue weighted by Gasteiger charge is -2.04. The van der Waals surface area contributed by atoms with Gasteiger partial charge in [0.05, 0.1) is 0 Å². The monoisotopic (exact) mass is 223 g/mol. The molecule has 0 saturated carbocycles. The Bertz CT molecular complexity index is 494. The summed E-state index contributed by atoms with van der Waals surface area (Å²) in [6.07, 6.45) is 1.78. The minimum atomic E-state index is -0.570. The number of hydrogen-bond acceptors (Lipinski definition) is 2. The van der Waals surface area contributed by atoms with Gasteiger partial charge < -0.3 is 5.32 Å². The molecule has 16 heavy (non-hydrogen) atoms. The van der Waals surface area contributed by atoms with Crippen LogP contribution in [-0.4, -0.2) is 9.78 Å². The minimum absolute atomic E-state index is 0.281. The third-order valence-corrected chi connectivity index (χ3v) is 2.19. The molecule has 3 nitrogen and oxygen atoms in total. The second-order valence-electron chi connectivity index (χ2n) is 3.46. The second kappa shape index (κ2) is 4.30. The third kappa shape index (κ3) is 2.36. The molecule has 0 spiro atoms. The van der Waals surface area contributed by atoms with Crippen molar-refractivity contribution in [1.29, 1.82) is 0 Å². The molecule has 0 aliphatic heterocycles. The van der Waals surface area contributed by atoms with E-state index in [1.54, 1.807) is 24.0 Å². The van der Waals surface area contributed by atoms with E-state index in [0.29, 0.717) is 11.4 Å². The van der Waals surface area contributed by atoms with Gasteiger partial charge in [-0.05, 0) is 6.07 Å². The highest BCUT2D eigenvalue weighted by molar-refractivity contribution is 5.34. The molecule has 84 valence electrons. The van der Waals surface area contributed by atoms with Crippen LogP contribution in [0.5, 0.6) is 0 Å². The molecule has 1 N–H and O–H groups in total. The van der Waals surface area contributed by atoms with Crippen molar-refractivity contribution in [2.75, 3.05) is 5.32 Å². The molecule has 0 amide bonds. The number of hydrogen-bond donors (Lipinski definition) is 1. The van der Waals surface area contributed by atoms with Crippen LogP contribution in [0.2, 0.25) is 0 Å². The highest BCUT2D eigenvalue weighted by Crippen LogP contribution is 2.11. The fourth-order valence-electron chi connectivity index (χ4n) is 1.36. The number of halogens is 2. The van der Waals surface area contributed by atoms with E-state index in [4.69, 9.17) is 0 Å². The van der Waals surface area contributed by atoms with Gasteiger partial charge in [0.2, 0.25) is 0 Å². The van der Waals surface area contributed by atoms with Gasteiger partial charge in [0.1, 0.15) is 17.5 Å². The maximum Gasteiger partial charge on any atom is 0.148 e. The first-order valence-electron chi connectivity index (χ1n) is 4.82. The van der Waals surface area contributed by atoms with Crippen LogP contribution in [0.15, 0.2) is 30.5 Å². The van der Waals surface area contributed by atoms with E-state index < -0.39 is 11.6 Å². The fraction of sp³-hybridized carbons (Fsp3) is 0.182. The number of rotatable bonds is 3. The third-order valence-electron chi connectivity index (χ3n) is 2.19. The molecule has 0 atom stereocenters. The zero-order valence-corrected chi connectivity index (χ0v) is 8.74. The predicted octanol–water partition coefficient (Wildman–Crippen LogP) is 2.31. The molecular weight excluding hydrogens is 212 g/mol. The van der Waals surface area contributed by atoms with Crippen molar-refractivity contribution < 1.29 is 8.78 Å². The van der Waals surface area contributed by atoms with E-state index in [-0.39, 0.29) is 6.54 Å². The molecule has 1 heterocycles. The average Bonchev–Trinajstić information content (AvgIpc) is 2.63. The van der Waals surface area contributed by atoms with Gasteiger partial charge in [-0.15, -0.1) is 0 Å². The fourth-order valence-corrected chi connectivity index (χ4v) is 1.36. The van der Waals surface area contributed by atoms with Gasteiger partial charge in [0.15, 0.2) is 0 Å². The highest BCUT2D eigenvalue weighted by Gasteiger charge is 2.04. The Balaban J connectivity index is 2.04. The maximum absolute atomic E-state index is 13.3. The van der Waals surface area contributed by atoms with Gasteiger partial charge in [-0.3, -0.25) is 4.68 Å². The molecule has 0 fully saturated rings. The molecular formula is C11H11F2N3. The number of aryl methyl sites for hydroxylation is 1. The minimum Gasteiger partial charge on any atom is -0.364 e. The Hall–Kier alpha value is -1.91. The summed E-state index contributed by atoms with van der Waals surface area (Å²) < 4.78 is 27.5. The van der Waals surface area contributed by atoms with E-state index in [2.05, 4.69) is 10.4 Å². The van der Waals surface area contributed by atoms with Crippen molar-refractivity contribution in [3.63, 3.8) is 0 Å². The Morgan fingerprint density at radius 3 is 2.75 bits per heavy atom. The molecule has 0 radical (unpaired) electrons. The summed E-state index contributed by atoms with van der Waals surface area (Å²) in [5.74, 6) is -0.464. The smallest absolute Gasteiger partial charge is 0.148 e. The SMILES string of the molecule is Cn1ccc(NCc2ccc(F)cc2F)n1. The Morgan fingerprint density at radius 1 is 1.31 bits per heavy atom. The van der Waals surface area contributed by atoms with Crippen molar-refractivity contribution in [2.24, 2.45) is 7.05 Å². The topological polar surface area (TPSA) is 29.9 Å². The van der Waals surface area contributed by atoms with Crippen molar-refractivity contribution in [3.05, 3.63) is 47.7 Å². The van der Waals surface area contributed by atoms with Crippen molar-refractivity contribution >= 4 is 5.82 Å². The molecule has 0 aliphatic rings. The van der Waals surface area contributed by atoms with Crippen molar-refractivity contribution in [3.8, 4) is 0 Å². The molecule has 0 saturated heterocycles. The molecule has 0 unspecified atom stereocenters. The van der Waals surface area contributed by atoms with Crippen LogP contribution in [-0.2, 0) is 13.6 Å². The van der Waals surface area contributed by atoms with Gasteiger partial charge in [-0.1, -0.05) is 6.07 Å². The van der Waals surface area contributed by atoms with E-state index in [1.807, 2.05) is 0 Å². The van der Waals surface area contributed by atoms with E-state index in [1.165, 1.54) is 12.1 Å². The van der Waals surface area contributed by atoms with E-state index >= 15 is 0 Å². The van der Waals surface area contributed by atoms with E-state index in [9.17, 15) is 8.78 Å². The largest absolute Gasteiger partial charge is 0.364 e. The first-order chi connectivity index (χ1) is 7.65. The number of nitrogens with one attached hydrogen (secondary N) is 1. The normalized spacial score (nSPS) is 10.4. The van der Waals surface area contributed by atoms with Crippen molar-refractivity contribution in [1.82, 2.24) is 9.78 Å². The summed E-state index contributed by atoms with van der Waals surface area (Å²) in [7, 11) is 1.80. The zero-order chi connectivity index (χ0) is 11.5. The van der Waals surface area contributed by atoms with Gasteiger partial charge in [-0.25, -0.2) is 8.78 Å². The highest BCUT2D eigenvalue weighted by atomic mass is 19.1. The quantitative estimate of drug-likeness (QED) is 0.865. The van der Waals surface area contributed by atoms with Crippen LogP contribution in [0.1, 0.15) is 5.56 Å². The molecule has 0 aliphatic carbocycles. The van der Waals surface area contributed by atoms with Crippen LogP contribution >= 0.6 is 0 Å². The van der Waals surface area contributed by atoms with Crippen molar-refractivity contribution in [2.45, 2.75) is 6.54 Å². The van der Waals surface area contributed by atoms with Gasteiger partial charge in [0.25, 0.3) is 0 Å². The maximum atomic E-state index is 13.3. The predicted molar refractivity (Wildman–Crippen MR) is 56.9 cm³/mol. The number of aromatic nitrogens is 2. The molecule has 2 aromatic rings. The Labute approximate surface area is 91.7 Å². The van der Waals surface area contributed by atoms with Crippen LogP contribution in [0.4, 0.5) is 14.6 Å². The number of nitrogens with zero attached hydrogens (tertiary/aromatic N) is 2. The molecule has 5 heteroatoms. The summed E-state index contributed by atoms with van der Waals surface area (Å²) in [4.78, 5) is 0. The summed E-state index contributed by atoms with van der Waals surface area (Å²) in [5, 5.41) is 7.03. The van der Waals surface area contributed by atoms with Gasteiger partial charge >= 0.3 is 0 Å². The summed E-state index contributed by atoms with van der Waals surface area (Å²) in [6.45, 7) is 0.281. The van der Waals surface area contributed by atoms with Crippen LogP contribution in [0, 0.1) is 11.6 Å². The number of anilines is 1. The Kier molecular flexibility index (Phi) is 2.85. The van der Waals surface area contributed by atoms with Crippen LogP contribution < -0.4 is 5.32 Å². The lowest BCUT2D eigenvalue weighted by molar-refractivity contribution is 0.574. The van der Waals surface area contributed by atoms with Gasteiger partial charge in [-0.2, -0.15) is 5.10 Å². The van der Waals surface area contributed by atoms with Gasteiger partial charge in [0, 0.05) is 37.5 Å². The van der Waals surface area contributed by atoms with Crippen LogP contribution in [0.25, 0.3) is 0 Å². The second-order valence-corrected chi connectivity index (χ2v) is 3.46. The Morgan fingerprint density at radius 2 is 2.12 bits per heavy atom. The molecule has 2 rings (SSSR count). The lowest BCUT2D eigenvalue weighted by Crippen LogP contribution is -2.03. The summed E-state index contributed by atoms with van der Waals surface area (Å²) in [6, 6.07) is 5.30. The first kappa shape index (κ1) is 10.6. The molecule has 0 bridgehead atoms.